The van der Waals surface area contributed by atoms with Crippen molar-refractivity contribution in [2.45, 2.75) is 45.6 Å². The Bertz CT molecular complexity index is 383. The van der Waals surface area contributed by atoms with Gasteiger partial charge >= 0.3 is 0 Å². The molecule has 0 bridgehead atoms. The zero-order valence-electron chi connectivity index (χ0n) is 11.8. The molecule has 0 spiro atoms. The molecule has 0 amide bonds. The second-order valence-corrected chi connectivity index (χ2v) is 5.50. The molecule has 100 valence electrons. The first-order valence-electron chi connectivity index (χ1n) is 7.11. The topological polar surface area (TPSA) is 21.3 Å². The fourth-order valence-electron chi connectivity index (χ4n) is 2.66. The molecule has 1 aliphatic rings. The van der Waals surface area contributed by atoms with E-state index < -0.39 is 0 Å². The van der Waals surface area contributed by atoms with Gasteiger partial charge in [0.25, 0.3) is 0 Å². The number of ether oxygens (including phenoxy) is 1. The van der Waals surface area contributed by atoms with E-state index in [4.69, 9.17) is 4.74 Å². The Morgan fingerprint density at radius 3 is 2.67 bits per heavy atom. The molecule has 1 aromatic carbocycles. The maximum absolute atomic E-state index is 5.97. The van der Waals surface area contributed by atoms with Crippen molar-refractivity contribution >= 4 is 0 Å². The van der Waals surface area contributed by atoms with Crippen LogP contribution in [-0.4, -0.2) is 13.7 Å². The lowest BCUT2D eigenvalue weighted by Crippen LogP contribution is -2.13. The zero-order valence-corrected chi connectivity index (χ0v) is 11.8. The second-order valence-electron chi connectivity index (χ2n) is 5.50. The lowest BCUT2D eigenvalue weighted by Gasteiger charge is -2.16. The summed E-state index contributed by atoms with van der Waals surface area (Å²) in [6.45, 7) is 5.20. The molecule has 2 nitrogen and oxygen atoms in total. The molecule has 2 heteroatoms. The summed E-state index contributed by atoms with van der Waals surface area (Å²) in [6, 6.07) is 6.91. The highest BCUT2D eigenvalue weighted by molar-refractivity contribution is 5.37. The van der Waals surface area contributed by atoms with E-state index in [1.165, 1.54) is 36.8 Å². The van der Waals surface area contributed by atoms with Crippen molar-refractivity contribution in [3.05, 3.63) is 29.3 Å². The van der Waals surface area contributed by atoms with E-state index >= 15 is 0 Å². The third-order valence-corrected chi connectivity index (χ3v) is 4.08. The van der Waals surface area contributed by atoms with Crippen molar-refractivity contribution in [3.63, 3.8) is 0 Å². The van der Waals surface area contributed by atoms with E-state index in [0.717, 1.165) is 18.3 Å². The zero-order chi connectivity index (χ0) is 13.0. The minimum Gasteiger partial charge on any atom is -0.493 e. The normalized spacial score (nSPS) is 17.9. The molecule has 1 saturated carbocycles. The fourth-order valence-corrected chi connectivity index (χ4v) is 2.66. The Kier molecular flexibility index (Phi) is 4.65. The number of aryl methyl sites for hydroxylation is 1. The third-order valence-electron chi connectivity index (χ3n) is 4.08. The Balaban J connectivity index is 1.96. The van der Waals surface area contributed by atoms with E-state index in [1.807, 2.05) is 7.05 Å². The van der Waals surface area contributed by atoms with Gasteiger partial charge in [0.05, 0.1) is 6.61 Å². The minimum atomic E-state index is 0.396. The monoisotopic (exact) mass is 247 g/mol. The lowest BCUT2D eigenvalue weighted by atomic mass is 10.1. The fraction of sp³-hybridized carbons (Fsp3) is 0.625. The average Bonchev–Trinajstić information content (AvgIpc) is 2.89. The van der Waals surface area contributed by atoms with Gasteiger partial charge in [-0.1, -0.05) is 25.0 Å². The SMILES string of the molecule is CNC(C)c1ccc(OCC2CCCC2)c(C)c1. The molecule has 1 aromatic rings. The van der Waals surface area contributed by atoms with Crippen molar-refractivity contribution in [3.8, 4) is 5.75 Å². The summed E-state index contributed by atoms with van der Waals surface area (Å²) in [5, 5.41) is 3.26. The van der Waals surface area contributed by atoms with Crippen LogP contribution >= 0.6 is 0 Å². The molecule has 1 aliphatic carbocycles. The molecular weight excluding hydrogens is 222 g/mol. The Morgan fingerprint density at radius 2 is 2.06 bits per heavy atom. The summed E-state index contributed by atoms with van der Waals surface area (Å²) < 4.78 is 5.97. The first-order valence-corrected chi connectivity index (χ1v) is 7.11. The molecule has 0 radical (unpaired) electrons. The lowest BCUT2D eigenvalue weighted by molar-refractivity contribution is 0.250. The van der Waals surface area contributed by atoms with Gasteiger partial charge < -0.3 is 10.1 Å². The standard InChI is InChI=1S/C16H25NO/c1-12-10-15(13(2)17-3)8-9-16(12)18-11-14-6-4-5-7-14/h8-10,13-14,17H,4-7,11H2,1-3H3. The van der Waals surface area contributed by atoms with Crippen LogP contribution in [-0.2, 0) is 0 Å². The molecule has 0 saturated heterocycles. The molecule has 0 aliphatic heterocycles. The first-order chi connectivity index (χ1) is 8.70. The van der Waals surface area contributed by atoms with E-state index in [2.05, 4.69) is 37.4 Å². The highest BCUT2D eigenvalue weighted by atomic mass is 16.5. The third kappa shape index (κ3) is 3.26. The first kappa shape index (κ1) is 13.4. The van der Waals surface area contributed by atoms with Gasteiger partial charge in [0.15, 0.2) is 0 Å². The Labute approximate surface area is 111 Å². The van der Waals surface area contributed by atoms with Gasteiger partial charge in [-0.3, -0.25) is 0 Å². The predicted molar refractivity (Wildman–Crippen MR) is 76.1 cm³/mol. The van der Waals surface area contributed by atoms with E-state index in [9.17, 15) is 0 Å². The van der Waals surface area contributed by atoms with Crippen LogP contribution in [0.3, 0.4) is 0 Å². The van der Waals surface area contributed by atoms with Crippen molar-refractivity contribution in [1.82, 2.24) is 5.32 Å². The smallest absolute Gasteiger partial charge is 0.122 e. The predicted octanol–water partition coefficient (Wildman–Crippen LogP) is 3.84. The van der Waals surface area contributed by atoms with Gasteiger partial charge in [-0.2, -0.15) is 0 Å². The number of hydrogen-bond acceptors (Lipinski definition) is 2. The van der Waals surface area contributed by atoms with Crippen molar-refractivity contribution in [1.29, 1.82) is 0 Å². The molecular formula is C16H25NO. The molecule has 1 N–H and O–H groups in total. The van der Waals surface area contributed by atoms with Crippen LogP contribution in [0.1, 0.15) is 49.8 Å². The maximum atomic E-state index is 5.97. The van der Waals surface area contributed by atoms with Crippen molar-refractivity contribution in [2.24, 2.45) is 5.92 Å². The van der Waals surface area contributed by atoms with E-state index in [0.29, 0.717) is 6.04 Å². The summed E-state index contributed by atoms with van der Waals surface area (Å²) in [6.07, 6.45) is 5.44. The molecule has 0 heterocycles. The highest BCUT2D eigenvalue weighted by Crippen LogP contribution is 2.27. The molecule has 18 heavy (non-hydrogen) atoms. The van der Waals surface area contributed by atoms with Crippen LogP contribution in [0.15, 0.2) is 18.2 Å². The minimum absolute atomic E-state index is 0.396. The number of nitrogens with one attached hydrogen (secondary N) is 1. The van der Waals surface area contributed by atoms with Gasteiger partial charge in [-0.25, -0.2) is 0 Å². The van der Waals surface area contributed by atoms with E-state index in [-0.39, 0.29) is 0 Å². The molecule has 1 atom stereocenters. The highest BCUT2D eigenvalue weighted by Gasteiger charge is 2.16. The Hall–Kier alpha value is -1.02. The van der Waals surface area contributed by atoms with Crippen LogP contribution in [0.2, 0.25) is 0 Å². The molecule has 0 aromatic heterocycles. The summed E-state index contributed by atoms with van der Waals surface area (Å²) in [4.78, 5) is 0. The molecule has 2 rings (SSSR count). The van der Waals surface area contributed by atoms with Crippen LogP contribution in [0, 0.1) is 12.8 Å². The van der Waals surface area contributed by atoms with Crippen molar-refractivity contribution in [2.75, 3.05) is 13.7 Å². The van der Waals surface area contributed by atoms with Crippen LogP contribution in [0.25, 0.3) is 0 Å². The van der Waals surface area contributed by atoms with Gasteiger partial charge in [-0.15, -0.1) is 0 Å². The van der Waals surface area contributed by atoms with Gasteiger partial charge in [0.2, 0.25) is 0 Å². The van der Waals surface area contributed by atoms with Gasteiger partial charge in [0, 0.05) is 6.04 Å². The average molecular weight is 247 g/mol. The van der Waals surface area contributed by atoms with Crippen LogP contribution in [0.5, 0.6) is 5.75 Å². The van der Waals surface area contributed by atoms with Gasteiger partial charge in [-0.05, 0) is 56.8 Å². The maximum Gasteiger partial charge on any atom is 0.122 e. The van der Waals surface area contributed by atoms with Crippen LogP contribution < -0.4 is 10.1 Å². The Morgan fingerprint density at radius 1 is 1.33 bits per heavy atom. The number of rotatable bonds is 5. The van der Waals surface area contributed by atoms with Gasteiger partial charge in [0.1, 0.15) is 5.75 Å². The molecule has 1 unspecified atom stereocenters. The molecule has 1 fully saturated rings. The summed E-state index contributed by atoms with van der Waals surface area (Å²) >= 11 is 0. The summed E-state index contributed by atoms with van der Waals surface area (Å²) in [5.41, 5.74) is 2.57. The quantitative estimate of drug-likeness (QED) is 0.853. The van der Waals surface area contributed by atoms with Crippen molar-refractivity contribution < 1.29 is 4.74 Å². The largest absolute Gasteiger partial charge is 0.493 e. The number of benzene rings is 1. The number of hydrogen-bond donors (Lipinski definition) is 1. The summed E-state index contributed by atoms with van der Waals surface area (Å²) in [7, 11) is 1.99. The second kappa shape index (κ2) is 6.24. The van der Waals surface area contributed by atoms with E-state index in [1.54, 1.807) is 0 Å². The van der Waals surface area contributed by atoms with Crippen LogP contribution in [0.4, 0.5) is 0 Å². The summed E-state index contributed by atoms with van der Waals surface area (Å²) in [5.74, 6) is 1.83.